The van der Waals surface area contributed by atoms with Gasteiger partial charge in [-0.1, -0.05) is 54.1 Å². The lowest BCUT2D eigenvalue weighted by Gasteiger charge is -2.36. The number of piperidine rings is 2. The van der Waals surface area contributed by atoms with Crippen molar-refractivity contribution in [3.05, 3.63) is 110 Å². The summed E-state index contributed by atoms with van der Waals surface area (Å²) in [6.07, 6.45) is 4.35. The zero-order chi connectivity index (χ0) is 32.9. The first-order valence-electron chi connectivity index (χ1n) is 16.1. The number of hydrogen-bond donors (Lipinski definition) is 1. The van der Waals surface area contributed by atoms with Gasteiger partial charge < -0.3 is 24.3 Å². The highest BCUT2D eigenvalue weighted by molar-refractivity contribution is 6.30. The summed E-state index contributed by atoms with van der Waals surface area (Å²) in [5.74, 6) is -0.292. The maximum absolute atomic E-state index is 14.1. The van der Waals surface area contributed by atoms with E-state index < -0.39 is 11.9 Å². The molecule has 3 aromatic carbocycles. The van der Waals surface area contributed by atoms with Crippen LogP contribution in [-0.2, 0) is 22.6 Å². The molecule has 0 unspecified atom stereocenters. The van der Waals surface area contributed by atoms with Crippen molar-refractivity contribution < 1.29 is 23.5 Å². The lowest BCUT2D eigenvalue weighted by molar-refractivity contribution is -0.135. The van der Waals surface area contributed by atoms with Crippen LogP contribution in [0.25, 0.3) is 11.0 Å². The Balaban J connectivity index is 1.19. The van der Waals surface area contributed by atoms with Crippen LogP contribution in [0.2, 0.25) is 5.02 Å². The van der Waals surface area contributed by atoms with Crippen LogP contribution in [0.1, 0.15) is 65.3 Å². The Bertz CT molecular complexity index is 1830. The molecule has 0 spiro atoms. The highest BCUT2D eigenvalue weighted by Gasteiger charge is 2.32. The molecule has 47 heavy (non-hydrogen) atoms. The number of halogens is 1. The van der Waals surface area contributed by atoms with Crippen molar-refractivity contribution in [3.63, 3.8) is 0 Å². The predicted molar refractivity (Wildman–Crippen MR) is 180 cm³/mol. The van der Waals surface area contributed by atoms with Crippen LogP contribution in [-0.4, -0.2) is 60.3 Å². The second kappa shape index (κ2) is 14.4. The molecule has 1 aromatic heterocycles. The fourth-order valence-electron chi connectivity index (χ4n) is 6.65. The number of rotatable bonds is 9. The first kappa shape index (κ1) is 32.3. The monoisotopic (exact) mass is 655 g/mol. The summed E-state index contributed by atoms with van der Waals surface area (Å²) in [6.45, 7) is 2.45. The molecular formula is C37H38ClN3O6. The zero-order valence-electron chi connectivity index (χ0n) is 26.4. The van der Waals surface area contributed by atoms with Crippen LogP contribution in [0.3, 0.4) is 0 Å². The molecule has 9 nitrogen and oxygen atoms in total. The molecule has 2 fully saturated rings. The Morgan fingerprint density at radius 2 is 1.74 bits per heavy atom. The van der Waals surface area contributed by atoms with E-state index in [0.717, 1.165) is 49.4 Å². The van der Waals surface area contributed by atoms with E-state index in [1.54, 1.807) is 35.2 Å². The third-order valence-corrected chi connectivity index (χ3v) is 9.45. The third-order valence-electron chi connectivity index (χ3n) is 9.20. The first-order chi connectivity index (χ1) is 22.8. The van der Waals surface area contributed by atoms with Gasteiger partial charge in [0.1, 0.15) is 6.04 Å². The molecule has 0 aliphatic carbocycles. The minimum atomic E-state index is -0.906. The number of carbonyl (C=O) groups excluding carboxylic acids is 3. The normalized spacial score (nSPS) is 16.3. The molecule has 6 rings (SSSR count). The number of ether oxygens (including phenoxy) is 1. The topological polar surface area (TPSA) is 109 Å². The van der Waals surface area contributed by atoms with Crippen molar-refractivity contribution >= 4 is 40.3 Å². The van der Waals surface area contributed by atoms with Crippen LogP contribution in [0.5, 0.6) is 5.75 Å². The highest BCUT2D eigenvalue weighted by atomic mass is 35.5. The molecule has 0 bridgehead atoms. The fraction of sp³-hybridized carbons (Fsp3) is 0.351. The summed E-state index contributed by atoms with van der Waals surface area (Å²) >= 11 is 6.10. The van der Waals surface area contributed by atoms with Gasteiger partial charge in [0.25, 0.3) is 5.91 Å². The molecule has 1 atom stereocenters. The van der Waals surface area contributed by atoms with Crippen molar-refractivity contribution in [2.24, 2.45) is 0 Å². The molecule has 244 valence electrons. The summed E-state index contributed by atoms with van der Waals surface area (Å²) in [7, 11) is 1.46. The van der Waals surface area contributed by atoms with E-state index in [2.05, 4.69) is 17.4 Å². The molecule has 4 aromatic rings. The second-order valence-electron chi connectivity index (χ2n) is 12.2. The van der Waals surface area contributed by atoms with Gasteiger partial charge in [-0.2, -0.15) is 0 Å². The van der Waals surface area contributed by atoms with E-state index in [0.29, 0.717) is 42.2 Å². The van der Waals surface area contributed by atoms with Crippen molar-refractivity contribution in [1.29, 1.82) is 0 Å². The van der Waals surface area contributed by atoms with Gasteiger partial charge in [-0.25, -0.2) is 0 Å². The van der Waals surface area contributed by atoms with Crippen LogP contribution >= 0.6 is 11.6 Å². The number of methoxy groups -OCH3 is 1. The SMILES string of the molecule is COc1cccc2c(=O)cc(C(=O)N[C@H](Cc3ccc(Cl)cc3)C(=O)N3CCC(c4ccccc4CN4CCCCC4=O)CC3)oc12. The van der Waals surface area contributed by atoms with Gasteiger partial charge in [-0.3, -0.25) is 19.2 Å². The standard InChI is InChI=1S/C37H38ClN3O6/c1-46-32-10-6-9-29-31(42)22-33(47-35(29)32)36(44)39-30(21-24-12-14-27(38)15-13-24)37(45)40-19-16-25(17-20-40)28-8-3-2-7-26(28)23-41-18-5-4-11-34(41)43/h2-3,6-10,12-15,22,25,30H,4-5,11,16-21,23H2,1H3,(H,39,44)/t30-/m1/s1. The minimum Gasteiger partial charge on any atom is -0.493 e. The zero-order valence-corrected chi connectivity index (χ0v) is 27.1. The van der Waals surface area contributed by atoms with Gasteiger partial charge in [0.05, 0.1) is 12.5 Å². The molecule has 3 heterocycles. The number of benzene rings is 3. The molecule has 2 aliphatic heterocycles. The van der Waals surface area contributed by atoms with Gasteiger partial charge in [0.15, 0.2) is 22.5 Å². The lowest BCUT2D eigenvalue weighted by atomic mass is 9.86. The third kappa shape index (κ3) is 7.36. The number of hydrogen-bond acceptors (Lipinski definition) is 6. The second-order valence-corrected chi connectivity index (χ2v) is 12.7. The summed E-state index contributed by atoms with van der Waals surface area (Å²) in [6, 6.07) is 20.6. The summed E-state index contributed by atoms with van der Waals surface area (Å²) in [5.41, 5.74) is 2.99. The number of nitrogens with one attached hydrogen (secondary N) is 1. The number of nitrogens with zero attached hydrogens (tertiary/aromatic N) is 2. The summed E-state index contributed by atoms with van der Waals surface area (Å²) in [4.78, 5) is 56.7. The molecular weight excluding hydrogens is 618 g/mol. The maximum Gasteiger partial charge on any atom is 0.287 e. The Morgan fingerprint density at radius 1 is 0.979 bits per heavy atom. The predicted octanol–water partition coefficient (Wildman–Crippen LogP) is 5.71. The van der Waals surface area contributed by atoms with Crippen LogP contribution in [0.4, 0.5) is 0 Å². The van der Waals surface area contributed by atoms with E-state index in [9.17, 15) is 19.2 Å². The van der Waals surface area contributed by atoms with Gasteiger partial charge in [0, 0.05) is 50.1 Å². The molecule has 2 aliphatic rings. The number of para-hydroxylation sites is 1. The number of likely N-dealkylation sites (tertiary alicyclic amines) is 2. The molecule has 3 amide bonds. The number of carbonyl (C=O) groups is 3. The Morgan fingerprint density at radius 3 is 2.49 bits per heavy atom. The Labute approximate surface area is 278 Å². The van der Waals surface area contributed by atoms with E-state index >= 15 is 0 Å². The van der Waals surface area contributed by atoms with E-state index in [1.807, 2.05) is 29.2 Å². The largest absolute Gasteiger partial charge is 0.493 e. The van der Waals surface area contributed by atoms with Crippen LogP contribution < -0.4 is 15.5 Å². The minimum absolute atomic E-state index is 0.167. The average molecular weight is 656 g/mol. The number of fused-ring (bicyclic) bond motifs is 1. The van der Waals surface area contributed by atoms with Crippen LogP contribution in [0, 0.1) is 0 Å². The smallest absolute Gasteiger partial charge is 0.287 e. The first-order valence-corrected chi connectivity index (χ1v) is 16.5. The van der Waals surface area contributed by atoms with E-state index in [-0.39, 0.29) is 40.9 Å². The summed E-state index contributed by atoms with van der Waals surface area (Å²) < 4.78 is 11.2. The molecule has 0 radical (unpaired) electrons. The van der Waals surface area contributed by atoms with Crippen molar-refractivity contribution in [1.82, 2.24) is 15.1 Å². The van der Waals surface area contributed by atoms with Crippen LogP contribution in [0.15, 0.2) is 82.0 Å². The van der Waals surface area contributed by atoms with Crippen molar-refractivity contribution in [3.8, 4) is 5.75 Å². The molecule has 2 saturated heterocycles. The fourth-order valence-corrected chi connectivity index (χ4v) is 6.78. The lowest BCUT2D eigenvalue weighted by Crippen LogP contribution is -2.51. The van der Waals surface area contributed by atoms with Gasteiger partial charge in [0.2, 0.25) is 11.8 Å². The maximum atomic E-state index is 14.1. The number of amides is 3. The quantitative estimate of drug-likeness (QED) is 0.247. The van der Waals surface area contributed by atoms with Crippen molar-refractivity contribution in [2.45, 2.75) is 57.0 Å². The van der Waals surface area contributed by atoms with Gasteiger partial charge >= 0.3 is 0 Å². The molecule has 1 N–H and O–H groups in total. The van der Waals surface area contributed by atoms with E-state index in [1.165, 1.54) is 12.7 Å². The average Bonchev–Trinajstić information content (AvgIpc) is 3.09. The van der Waals surface area contributed by atoms with E-state index in [4.69, 9.17) is 20.8 Å². The summed E-state index contributed by atoms with van der Waals surface area (Å²) in [5, 5.41) is 3.71. The molecule has 10 heteroatoms. The van der Waals surface area contributed by atoms with Gasteiger partial charge in [-0.05, 0) is 72.6 Å². The Hall–Kier alpha value is -4.63. The Kier molecular flexibility index (Phi) is 9.92. The van der Waals surface area contributed by atoms with Crippen molar-refractivity contribution in [2.75, 3.05) is 26.7 Å². The molecule has 0 saturated carbocycles. The highest BCUT2D eigenvalue weighted by Crippen LogP contribution is 2.32. The van der Waals surface area contributed by atoms with Gasteiger partial charge in [-0.15, -0.1) is 0 Å².